The van der Waals surface area contributed by atoms with Crippen LogP contribution in [-0.4, -0.2) is 45.1 Å². The van der Waals surface area contributed by atoms with E-state index in [2.05, 4.69) is 20.6 Å². The van der Waals surface area contributed by atoms with Gasteiger partial charge in [-0.25, -0.2) is 14.6 Å². The van der Waals surface area contributed by atoms with Crippen molar-refractivity contribution in [2.24, 2.45) is 5.92 Å². The number of hydrogen-bond acceptors (Lipinski definition) is 6. The van der Waals surface area contributed by atoms with Gasteiger partial charge in [0.05, 0.1) is 16.7 Å². The zero-order valence-corrected chi connectivity index (χ0v) is 18.4. The molecule has 3 aromatic rings. The second-order valence-corrected chi connectivity index (χ2v) is 7.88. The fourth-order valence-electron chi connectivity index (χ4n) is 3.19. The average molecular weight is 450 g/mol. The molecule has 2 atom stereocenters. The third kappa shape index (κ3) is 6.73. The molecule has 172 valence electrons. The summed E-state index contributed by atoms with van der Waals surface area (Å²) in [5, 5.41) is 14.7. The van der Waals surface area contributed by atoms with E-state index < -0.39 is 30.1 Å². The van der Waals surface area contributed by atoms with Gasteiger partial charge in [0.2, 0.25) is 5.91 Å². The molecule has 9 heteroatoms. The molecule has 1 heterocycles. The van der Waals surface area contributed by atoms with E-state index in [1.54, 1.807) is 26.0 Å². The molecule has 33 heavy (non-hydrogen) atoms. The first-order valence-corrected chi connectivity index (χ1v) is 10.5. The van der Waals surface area contributed by atoms with Crippen LogP contribution in [0.4, 0.5) is 4.79 Å². The summed E-state index contributed by atoms with van der Waals surface area (Å²) in [5.74, 6) is -2.14. The molecule has 0 aliphatic heterocycles. The minimum Gasteiger partial charge on any atom is -0.480 e. The van der Waals surface area contributed by atoms with Crippen molar-refractivity contribution in [3.8, 4) is 0 Å². The van der Waals surface area contributed by atoms with Gasteiger partial charge in [-0.2, -0.15) is 0 Å². The Hall–Kier alpha value is -4.01. The number of fused-ring (bicyclic) bond motifs is 1. The first kappa shape index (κ1) is 23.6. The molecule has 0 saturated carbocycles. The van der Waals surface area contributed by atoms with Crippen molar-refractivity contribution >= 4 is 29.0 Å². The zero-order chi connectivity index (χ0) is 23.8. The Balaban J connectivity index is 1.63. The molecule has 0 spiro atoms. The van der Waals surface area contributed by atoms with E-state index in [1.165, 1.54) is 6.20 Å². The lowest BCUT2D eigenvalue weighted by molar-refractivity contribution is -0.142. The number of hydrogen-bond donors (Lipinski definition) is 3. The van der Waals surface area contributed by atoms with E-state index in [0.29, 0.717) is 16.7 Å². The number of carboxylic acids is 1. The predicted molar refractivity (Wildman–Crippen MR) is 121 cm³/mol. The van der Waals surface area contributed by atoms with E-state index in [0.717, 1.165) is 5.56 Å². The van der Waals surface area contributed by atoms with Crippen molar-refractivity contribution in [2.75, 3.05) is 0 Å². The van der Waals surface area contributed by atoms with Gasteiger partial charge < -0.3 is 20.5 Å². The Morgan fingerprint density at radius 1 is 0.970 bits per heavy atom. The van der Waals surface area contributed by atoms with E-state index in [1.807, 2.05) is 42.5 Å². The van der Waals surface area contributed by atoms with Crippen molar-refractivity contribution in [1.29, 1.82) is 0 Å². The van der Waals surface area contributed by atoms with Crippen molar-refractivity contribution in [1.82, 2.24) is 20.6 Å². The van der Waals surface area contributed by atoms with Gasteiger partial charge in [-0.3, -0.25) is 9.78 Å². The van der Waals surface area contributed by atoms with Crippen molar-refractivity contribution < 1.29 is 24.2 Å². The van der Waals surface area contributed by atoms with Crippen LogP contribution in [0.1, 0.15) is 25.1 Å². The molecule has 0 bridgehead atoms. The van der Waals surface area contributed by atoms with Gasteiger partial charge in [0.15, 0.2) is 0 Å². The number of carboxylic acid groups (broad SMARTS) is 1. The maximum Gasteiger partial charge on any atom is 0.408 e. The van der Waals surface area contributed by atoms with Gasteiger partial charge in [-0.05, 0) is 23.6 Å². The maximum atomic E-state index is 12.8. The predicted octanol–water partition coefficient (Wildman–Crippen LogP) is 2.69. The first-order chi connectivity index (χ1) is 15.8. The number of rotatable bonds is 9. The molecule has 0 aliphatic rings. The molecule has 2 aromatic carbocycles. The first-order valence-electron chi connectivity index (χ1n) is 10.5. The standard InChI is InChI=1S/C24H26N4O5/c1-15(2)21(28-24(32)33-14-16-8-4-3-5-9-16)22(29)27-20(23(30)31)12-17-13-25-18-10-6-7-11-19(18)26-17/h3-11,13,15,20-21H,12,14H2,1-2H3,(H,27,29)(H,28,32)(H,30,31)/t20-,21-/m0/s1. The van der Waals surface area contributed by atoms with Gasteiger partial charge in [-0.15, -0.1) is 0 Å². The third-order valence-corrected chi connectivity index (χ3v) is 4.96. The lowest BCUT2D eigenvalue weighted by atomic mass is 10.0. The minimum absolute atomic E-state index is 0.0531. The number of benzene rings is 2. The molecular weight excluding hydrogens is 424 g/mol. The number of aliphatic carboxylic acids is 1. The summed E-state index contributed by atoms with van der Waals surface area (Å²) in [5.41, 5.74) is 2.56. The van der Waals surface area contributed by atoms with Crippen LogP contribution in [0, 0.1) is 5.92 Å². The summed E-state index contributed by atoms with van der Waals surface area (Å²) >= 11 is 0. The number of amides is 2. The van der Waals surface area contributed by atoms with Crippen LogP contribution in [0.3, 0.4) is 0 Å². The smallest absolute Gasteiger partial charge is 0.408 e. The summed E-state index contributed by atoms with van der Waals surface area (Å²) in [7, 11) is 0. The highest BCUT2D eigenvalue weighted by atomic mass is 16.5. The lowest BCUT2D eigenvalue weighted by Crippen LogP contribution is -2.54. The lowest BCUT2D eigenvalue weighted by Gasteiger charge is -2.23. The largest absolute Gasteiger partial charge is 0.480 e. The average Bonchev–Trinajstić information content (AvgIpc) is 2.81. The van der Waals surface area contributed by atoms with Crippen LogP contribution >= 0.6 is 0 Å². The van der Waals surface area contributed by atoms with Crippen LogP contribution in [0.15, 0.2) is 60.8 Å². The Labute approximate surface area is 191 Å². The molecule has 0 aliphatic carbocycles. The highest BCUT2D eigenvalue weighted by molar-refractivity contribution is 5.89. The van der Waals surface area contributed by atoms with E-state index in [4.69, 9.17) is 4.74 Å². The van der Waals surface area contributed by atoms with Crippen molar-refractivity contribution in [2.45, 2.75) is 39.0 Å². The number of carbonyl (C=O) groups is 3. The van der Waals surface area contributed by atoms with Crippen molar-refractivity contribution in [3.63, 3.8) is 0 Å². The monoisotopic (exact) mass is 450 g/mol. The Morgan fingerprint density at radius 2 is 1.64 bits per heavy atom. The maximum absolute atomic E-state index is 12.8. The zero-order valence-electron chi connectivity index (χ0n) is 18.4. The molecule has 0 radical (unpaired) electrons. The van der Waals surface area contributed by atoms with Gasteiger partial charge in [-0.1, -0.05) is 56.3 Å². The van der Waals surface area contributed by atoms with E-state index >= 15 is 0 Å². The molecule has 0 saturated heterocycles. The highest BCUT2D eigenvalue weighted by Gasteiger charge is 2.29. The summed E-state index contributed by atoms with van der Waals surface area (Å²) in [6, 6.07) is 14.1. The highest BCUT2D eigenvalue weighted by Crippen LogP contribution is 2.11. The van der Waals surface area contributed by atoms with E-state index in [9.17, 15) is 19.5 Å². The van der Waals surface area contributed by atoms with E-state index in [-0.39, 0.29) is 18.9 Å². The molecule has 0 fully saturated rings. The molecule has 0 unspecified atom stereocenters. The van der Waals surface area contributed by atoms with Gasteiger partial charge in [0.25, 0.3) is 0 Å². The number of carbonyl (C=O) groups excluding carboxylic acids is 2. The number of alkyl carbamates (subject to hydrolysis) is 1. The topological polar surface area (TPSA) is 131 Å². The summed E-state index contributed by atoms with van der Waals surface area (Å²) in [6.07, 6.45) is 0.672. The summed E-state index contributed by atoms with van der Waals surface area (Å²) < 4.78 is 5.18. The second kappa shape index (κ2) is 11.0. The van der Waals surface area contributed by atoms with Gasteiger partial charge >= 0.3 is 12.1 Å². The Morgan fingerprint density at radius 3 is 2.30 bits per heavy atom. The Bertz CT molecular complexity index is 1120. The van der Waals surface area contributed by atoms with Gasteiger partial charge in [0.1, 0.15) is 18.7 Å². The SMILES string of the molecule is CC(C)[C@H](NC(=O)OCc1ccccc1)C(=O)N[C@@H](Cc1cnc2ccccc2n1)C(=O)O. The van der Waals surface area contributed by atoms with Crippen LogP contribution < -0.4 is 10.6 Å². The fourth-order valence-corrected chi connectivity index (χ4v) is 3.19. The van der Waals surface area contributed by atoms with Crippen LogP contribution in [0.5, 0.6) is 0 Å². The number of aromatic nitrogens is 2. The number of nitrogens with one attached hydrogen (secondary N) is 2. The van der Waals surface area contributed by atoms with Crippen LogP contribution in [0.2, 0.25) is 0 Å². The van der Waals surface area contributed by atoms with Crippen LogP contribution in [-0.2, 0) is 27.4 Å². The van der Waals surface area contributed by atoms with Gasteiger partial charge in [0, 0.05) is 12.6 Å². The number of ether oxygens (including phenoxy) is 1. The number of para-hydroxylation sites is 2. The minimum atomic E-state index is -1.24. The molecule has 3 rings (SSSR count). The summed E-state index contributed by atoms with van der Waals surface area (Å²) in [6.45, 7) is 3.54. The Kier molecular flexibility index (Phi) is 7.91. The fraction of sp³-hybridized carbons (Fsp3) is 0.292. The van der Waals surface area contributed by atoms with Crippen molar-refractivity contribution in [3.05, 3.63) is 72.1 Å². The summed E-state index contributed by atoms with van der Waals surface area (Å²) in [4.78, 5) is 45.6. The quantitative estimate of drug-likeness (QED) is 0.457. The van der Waals surface area contributed by atoms with Crippen LogP contribution in [0.25, 0.3) is 11.0 Å². The molecule has 3 N–H and O–H groups in total. The number of nitrogens with zero attached hydrogens (tertiary/aromatic N) is 2. The third-order valence-electron chi connectivity index (χ3n) is 4.96. The molecule has 2 amide bonds. The second-order valence-electron chi connectivity index (χ2n) is 7.88. The normalized spacial score (nSPS) is 12.7. The molecule has 1 aromatic heterocycles. The molecule has 9 nitrogen and oxygen atoms in total. The molecular formula is C24H26N4O5.